The Kier molecular flexibility index (Phi) is 3.75. The lowest BCUT2D eigenvalue weighted by Crippen LogP contribution is -2.30. The Morgan fingerprint density at radius 1 is 1.22 bits per heavy atom. The Balaban J connectivity index is 2.23. The van der Waals surface area contributed by atoms with Crippen molar-refractivity contribution in [2.75, 3.05) is 0 Å². The van der Waals surface area contributed by atoms with Crippen LogP contribution in [0.15, 0.2) is 29.2 Å². The molecule has 0 atom stereocenters. The van der Waals surface area contributed by atoms with E-state index in [1.807, 2.05) is 0 Å². The largest absolute Gasteiger partial charge is 0.223 e. The standard InChI is InChI=1S/C14H19ClO2S/c1-14(2)8-6-12(7-9-14)18(16,17)13-5-3-4-11(15)10-13/h3-5,10,12H,6-9H2,1-2H3. The molecule has 1 aliphatic carbocycles. The lowest BCUT2D eigenvalue weighted by Gasteiger charge is -2.33. The minimum atomic E-state index is -3.22. The quantitative estimate of drug-likeness (QED) is 0.821. The molecule has 18 heavy (non-hydrogen) atoms. The van der Waals surface area contributed by atoms with Crippen LogP contribution in [0, 0.1) is 5.41 Å². The van der Waals surface area contributed by atoms with Crippen molar-refractivity contribution in [1.82, 2.24) is 0 Å². The average Bonchev–Trinajstić information content (AvgIpc) is 2.28. The highest BCUT2D eigenvalue weighted by molar-refractivity contribution is 7.92. The van der Waals surface area contributed by atoms with Gasteiger partial charge in [0.1, 0.15) is 0 Å². The van der Waals surface area contributed by atoms with Gasteiger partial charge in [-0.3, -0.25) is 0 Å². The van der Waals surface area contributed by atoms with E-state index >= 15 is 0 Å². The van der Waals surface area contributed by atoms with Gasteiger partial charge in [-0.1, -0.05) is 31.5 Å². The van der Waals surface area contributed by atoms with Crippen LogP contribution in [-0.4, -0.2) is 13.7 Å². The Bertz CT molecular complexity index is 524. The smallest absolute Gasteiger partial charge is 0.181 e. The molecule has 2 nitrogen and oxygen atoms in total. The molecule has 0 spiro atoms. The molecule has 1 aliphatic rings. The third-order valence-corrected chi connectivity index (χ3v) is 6.34. The fourth-order valence-electron chi connectivity index (χ4n) is 2.52. The first-order valence-corrected chi connectivity index (χ1v) is 8.23. The van der Waals surface area contributed by atoms with E-state index in [4.69, 9.17) is 11.6 Å². The maximum atomic E-state index is 12.5. The summed E-state index contributed by atoms with van der Waals surface area (Å²) >= 11 is 5.87. The molecule has 0 amide bonds. The van der Waals surface area contributed by atoms with Crippen molar-refractivity contribution >= 4 is 21.4 Å². The van der Waals surface area contributed by atoms with E-state index in [0.717, 1.165) is 25.7 Å². The van der Waals surface area contributed by atoms with Crippen molar-refractivity contribution in [2.24, 2.45) is 5.41 Å². The van der Waals surface area contributed by atoms with Crippen molar-refractivity contribution in [3.63, 3.8) is 0 Å². The molecule has 0 N–H and O–H groups in total. The topological polar surface area (TPSA) is 34.1 Å². The van der Waals surface area contributed by atoms with Gasteiger partial charge in [0.25, 0.3) is 0 Å². The monoisotopic (exact) mass is 286 g/mol. The van der Waals surface area contributed by atoms with E-state index < -0.39 is 9.84 Å². The third-order valence-electron chi connectivity index (χ3n) is 3.85. The fraction of sp³-hybridized carbons (Fsp3) is 0.571. The van der Waals surface area contributed by atoms with E-state index in [9.17, 15) is 8.42 Å². The normalized spacial score (nSPS) is 20.8. The van der Waals surface area contributed by atoms with Crippen LogP contribution in [0.5, 0.6) is 0 Å². The zero-order chi connectivity index (χ0) is 13.4. The predicted octanol–water partition coefficient (Wildman–Crippen LogP) is 4.08. The van der Waals surface area contributed by atoms with Crippen LogP contribution < -0.4 is 0 Å². The first-order chi connectivity index (χ1) is 8.31. The summed E-state index contributed by atoms with van der Waals surface area (Å²) in [6, 6.07) is 6.59. The molecule has 0 bridgehead atoms. The van der Waals surface area contributed by atoms with Gasteiger partial charge in [0.15, 0.2) is 9.84 Å². The maximum Gasteiger partial charge on any atom is 0.181 e. The maximum absolute atomic E-state index is 12.5. The van der Waals surface area contributed by atoms with E-state index in [2.05, 4.69) is 13.8 Å². The van der Waals surface area contributed by atoms with Crippen molar-refractivity contribution in [3.8, 4) is 0 Å². The molecule has 1 aromatic rings. The molecule has 0 aromatic heterocycles. The summed E-state index contributed by atoms with van der Waals surface area (Å²) in [5.41, 5.74) is 0.278. The number of rotatable bonds is 2. The molecule has 4 heteroatoms. The molecule has 2 rings (SSSR count). The lowest BCUT2D eigenvalue weighted by atomic mass is 9.77. The predicted molar refractivity (Wildman–Crippen MR) is 74.7 cm³/mol. The second kappa shape index (κ2) is 4.86. The Hall–Kier alpha value is -0.540. The van der Waals surface area contributed by atoms with E-state index in [-0.39, 0.29) is 10.7 Å². The summed E-state index contributed by atoms with van der Waals surface area (Å²) in [6.07, 6.45) is 3.44. The molecule has 1 saturated carbocycles. The third kappa shape index (κ3) is 2.89. The van der Waals surface area contributed by atoms with E-state index in [0.29, 0.717) is 9.92 Å². The molecule has 0 aliphatic heterocycles. The van der Waals surface area contributed by atoms with Gasteiger partial charge < -0.3 is 0 Å². The van der Waals surface area contributed by atoms with Gasteiger partial charge in [-0.05, 0) is 49.3 Å². The number of hydrogen-bond acceptors (Lipinski definition) is 2. The van der Waals surface area contributed by atoms with Gasteiger partial charge >= 0.3 is 0 Å². The SMILES string of the molecule is CC1(C)CCC(S(=O)(=O)c2cccc(Cl)c2)CC1. The number of halogens is 1. The van der Waals surface area contributed by atoms with Gasteiger partial charge in [-0.25, -0.2) is 8.42 Å². The lowest BCUT2D eigenvalue weighted by molar-refractivity contribution is 0.246. The van der Waals surface area contributed by atoms with Crippen LogP contribution >= 0.6 is 11.6 Å². The zero-order valence-corrected chi connectivity index (χ0v) is 12.4. The second-order valence-corrected chi connectivity index (χ2v) is 8.53. The van der Waals surface area contributed by atoms with E-state index in [1.54, 1.807) is 24.3 Å². The molecule has 0 heterocycles. The van der Waals surface area contributed by atoms with Crippen LogP contribution in [-0.2, 0) is 9.84 Å². The van der Waals surface area contributed by atoms with Gasteiger partial charge in [0, 0.05) is 5.02 Å². The average molecular weight is 287 g/mol. The summed E-state index contributed by atoms with van der Waals surface area (Å²) in [4.78, 5) is 0.361. The van der Waals surface area contributed by atoms with Crippen molar-refractivity contribution < 1.29 is 8.42 Å². The minimum absolute atomic E-state index is 0.246. The van der Waals surface area contributed by atoms with Crippen molar-refractivity contribution in [1.29, 1.82) is 0 Å². The molecule has 0 saturated heterocycles. The zero-order valence-electron chi connectivity index (χ0n) is 10.8. The second-order valence-electron chi connectivity index (χ2n) is 5.87. The molecule has 0 radical (unpaired) electrons. The fourth-order valence-corrected chi connectivity index (χ4v) is 4.58. The summed E-state index contributed by atoms with van der Waals surface area (Å²) in [7, 11) is -3.22. The first-order valence-electron chi connectivity index (χ1n) is 6.31. The summed E-state index contributed by atoms with van der Waals surface area (Å²) in [5.74, 6) is 0. The van der Waals surface area contributed by atoms with Crippen molar-refractivity contribution in [3.05, 3.63) is 29.3 Å². The van der Waals surface area contributed by atoms with Crippen LogP contribution in [0.1, 0.15) is 39.5 Å². The van der Waals surface area contributed by atoms with Crippen LogP contribution in [0.2, 0.25) is 5.02 Å². The number of benzene rings is 1. The highest BCUT2D eigenvalue weighted by atomic mass is 35.5. The molecule has 100 valence electrons. The van der Waals surface area contributed by atoms with Crippen LogP contribution in [0.3, 0.4) is 0 Å². The van der Waals surface area contributed by atoms with Gasteiger partial charge in [0.2, 0.25) is 0 Å². The molecular formula is C14H19ClO2S. The Labute approximate surface area is 114 Å². The summed E-state index contributed by atoms with van der Waals surface area (Å²) in [5, 5.41) is 0.233. The molecule has 1 aromatic carbocycles. The highest BCUT2D eigenvalue weighted by Gasteiger charge is 2.34. The van der Waals surface area contributed by atoms with Gasteiger partial charge in [0.05, 0.1) is 10.1 Å². The van der Waals surface area contributed by atoms with Crippen LogP contribution in [0.4, 0.5) is 0 Å². The Morgan fingerprint density at radius 2 is 1.83 bits per heavy atom. The van der Waals surface area contributed by atoms with E-state index in [1.165, 1.54) is 0 Å². The molecular weight excluding hydrogens is 268 g/mol. The number of hydrogen-bond donors (Lipinski definition) is 0. The minimum Gasteiger partial charge on any atom is -0.223 e. The number of sulfone groups is 1. The molecule has 1 fully saturated rings. The highest BCUT2D eigenvalue weighted by Crippen LogP contribution is 2.39. The molecule has 0 unspecified atom stereocenters. The van der Waals surface area contributed by atoms with Crippen molar-refractivity contribution in [2.45, 2.75) is 49.7 Å². The van der Waals surface area contributed by atoms with Gasteiger partial charge in [-0.2, -0.15) is 0 Å². The van der Waals surface area contributed by atoms with Crippen LogP contribution in [0.25, 0.3) is 0 Å². The van der Waals surface area contributed by atoms with Gasteiger partial charge in [-0.15, -0.1) is 0 Å². The summed E-state index contributed by atoms with van der Waals surface area (Å²) < 4.78 is 25.0. The first kappa shape index (κ1) is 13.9. The Morgan fingerprint density at radius 3 is 2.39 bits per heavy atom. The summed E-state index contributed by atoms with van der Waals surface area (Å²) in [6.45, 7) is 4.41.